The van der Waals surface area contributed by atoms with Crippen molar-refractivity contribution in [1.29, 1.82) is 5.26 Å². The number of hydrogen-bond donors (Lipinski definition) is 0. The average Bonchev–Trinajstić information content (AvgIpc) is 3.01. The van der Waals surface area contributed by atoms with Gasteiger partial charge in [0, 0.05) is 18.8 Å². The SMILES string of the molecule is Cn1cc(C=C(C#N)c2nc3ccccc3s2)cn1. The van der Waals surface area contributed by atoms with E-state index in [1.54, 1.807) is 10.9 Å². The normalized spacial score (nSPS) is 11.7. The molecule has 92 valence electrons. The molecule has 0 aliphatic heterocycles. The number of nitriles is 1. The molecule has 0 aliphatic carbocycles. The second-order valence-corrected chi connectivity index (χ2v) is 5.13. The maximum absolute atomic E-state index is 9.29. The topological polar surface area (TPSA) is 54.5 Å². The molecule has 0 radical (unpaired) electrons. The molecule has 3 aromatic rings. The number of nitrogens with zero attached hydrogens (tertiary/aromatic N) is 4. The zero-order valence-electron chi connectivity index (χ0n) is 10.2. The monoisotopic (exact) mass is 266 g/mol. The zero-order chi connectivity index (χ0) is 13.2. The van der Waals surface area contributed by atoms with E-state index < -0.39 is 0 Å². The summed E-state index contributed by atoms with van der Waals surface area (Å²) >= 11 is 1.53. The molecule has 0 saturated carbocycles. The van der Waals surface area contributed by atoms with Gasteiger partial charge in [-0.15, -0.1) is 11.3 Å². The van der Waals surface area contributed by atoms with E-state index in [0.717, 1.165) is 20.8 Å². The van der Waals surface area contributed by atoms with Gasteiger partial charge in [0.05, 0.1) is 22.0 Å². The van der Waals surface area contributed by atoms with Crippen LogP contribution in [0.3, 0.4) is 0 Å². The number of hydrogen-bond acceptors (Lipinski definition) is 4. The summed E-state index contributed by atoms with van der Waals surface area (Å²) in [5.74, 6) is 0. The molecule has 0 bridgehead atoms. The standard InChI is InChI=1S/C14H10N4S/c1-18-9-10(8-16-18)6-11(7-15)14-17-12-4-2-3-5-13(12)19-14/h2-6,8-9H,1H3. The molecule has 5 heteroatoms. The molecule has 0 N–H and O–H groups in total. The molecule has 0 amide bonds. The number of thiazole rings is 1. The Balaban J connectivity index is 2.07. The van der Waals surface area contributed by atoms with Crippen molar-refractivity contribution in [3.05, 3.63) is 47.2 Å². The van der Waals surface area contributed by atoms with E-state index in [4.69, 9.17) is 0 Å². The van der Waals surface area contributed by atoms with Crippen LogP contribution in [0.5, 0.6) is 0 Å². The van der Waals surface area contributed by atoms with Crippen LogP contribution in [-0.2, 0) is 7.05 Å². The van der Waals surface area contributed by atoms with E-state index in [9.17, 15) is 5.26 Å². The zero-order valence-corrected chi connectivity index (χ0v) is 11.1. The van der Waals surface area contributed by atoms with Crippen molar-refractivity contribution in [3.8, 4) is 6.07 Å². The van der Waals surface area contributed by atoms with Gasteiger partial charge in [-0.25, -0.2) is 4.98 Å². The predicted molar refractivity (Wildman–Crippen MR) is 76.3 cm³/mol. The fraction of sp³-hybridized carbons (Fsp3) is 0.0714. The van der Waals surface area contributed by atoms with Gasteiger partial charge in [-0.3, -0.25) is 4.68 Å². The first-order valence-corrected chi connectivity index (χ1v) is 6.54. The summed E-state index contributed by atoms with van der Waals surface area (Å²) < 4.78 is 2.80. The smallest absolute Gasteiger partial charge is 0.135 e. The number of aromatic nitrogens is 3. The summed E-state index contributed by atoms with van der Waals surface area (Å²) in [7, 11) is 1.85. The minimum atomic E-state index is 0.564. The van der Waals surface area contributed by atoms with E-state index in [-0.39, 0.29) is 0 Å². The quantitative estimate of drug-likeness (QED) is 0.670. The highest BCUT2D eigenvalue weighted by molar-refractivity contribution is 7.19. The largest absolute Gasteiger partial charge is 0.275 e. The Morgan fingerprint density at radius 3 is 2.95 bits per heavy atom. The third-order valence-electron chi connectivity index (χ3n) is 2.68. The van der Waals surface area contributed by atoms with Crippen molar-refractivity contribution >= 4 is 33.2 Å². The van der Waals surface area contributed by atoms with Crippen molar-refractivity contribution < 1.29 is 0 Å². The molecule has 0 aliphatic rings. The Labute approximate surface area is 114 Å². The first kappa shape index (κ1) is 11.6. The Bertz CT molecular complexity index is 771. The lowest BCUT2D eigenvalue weighted by atomic mass is 10.2. The molecule has 19 heavy (non-hydrogen) atoms. The van der Waals surface area contributed by atoms with Crippen molar-refractivity contribution in [2.75, 3.05) is 0 Å². The minimum Gasteiger partial charge on any atom is -0.275 e. The number of para-hydroxylation sites is 1. The lowest BCUT2D eigenvalue weighted by Gasteiger charge is -1.90. The minimum absolute atomic E-state index is 0.564. The Morgan fingerprint density at radius 2 is 2.26 bits per heavy atom. The van der Waals surface area contributed by atoms with Gasteiger partial charge in [-0.2, -0.15) is 10.4 Å². The van der Waals surface area contributed by atoms with Crippen LogP contribution in [0.15, 0.2) is 36.7 Å². The first-order chi connectivity index (χ1) is 9.26. The van der Waals surface area contributed by atoms with Gasteiger partial charge in [0.2, 0.25) is 0 Å². The number of aryl methyl sites for hydroxylation is 1. The predicted octanol–water partition coefficient (Wildman–Crippen LogP) is 3.09. The van der Waals surface area contributed by atoms with Gasteiger partial charge in [0.25, 0.3) is 0 Å². The summed E-state index contributed by atoms with van der Waals surface area (Å²) in [5.41, 5.74) is 2.39. The number of benzene rings is 1. The summed E-state index contributed by atoms with van der Waals surface area (Å²) in [4.78, 5) is 4.49. The van der Waals surface area contributed by atoms with Crippen LogP contribution >= 0.6 is 11.3 Å². The molecule has 2 aromatic heterocycles. The van der Waals surface area contributed by atoms with Crippen molar-refractivity contribution in [3.63, 3.8) is 0 Å². The highest BCUT2D eigenvalue weighted by Crippen LogP contribution is 2.27. The first-order valence-electron chi connectivity index (χ1n) is 5.72. The van der Waals surface area contributed by atoms with Crippen molar-refractivity contribution in [1.82, 2.24) is 14.8 Å². The molecule has 4 nitrogen and oxygen atoms in total. The summed E-state index contributed by atoms with van der Waals surface area (Å²) in [5, 5.41) is 14.1. The Hall–Kier alpha value is -2.45. The van der Waals surface area contributed by atoms with Gasteiger partial charge in [-0.05, 0) is 18.2 Å². The maximum Gasteiger partial charge on any atom is 0.135 e. The van der Waals surface area contributed by atoms with E-state index >= 15 is 0 Å². The second-order valence-electron chi connectivity index (χ2n) is 4.10. The van der Waals surface area contributed by atoms with Gasteiger partial charge in [0.1, 0.15) is 11.1 Å². The van der Waals surface area contributed by atoms with E-state index in [2.05, 4.69) is 16.2 Å². The third-order valence-corrected chi connectivity index (χ3v) is 3.75. The third kappa shape index (κ3) is 2.26. The van der Waals surface area contributed by atoms with Crippen molar-refractivity contribution in [2.24, 2.45) is 7.05 Å². The lowest BCUT2D eigenvalue weighted by molar-refractivity contribution is 0.767. The highest BCUT2D eigenvalue weighted by Gasteiger charge is 2.08. The number of allylic oxidation sites excluding steroid dienone is 1. The van der Waals surface area contributed by atoms with Gasteiger partial charge in [-0.1, -0.05) is 12.1 Å². The summed E-state index contributed by atoms with van der Waals surface area (Å²) in [6.45, 7) is 0. The Morgan fingerprint density at radius 1 is 1.42 bits per heavy atom. The second kappa shape index (κ2) is 4.67. The molecule has 0 fully saturated rings. The number of rotatable bonds is 2. The van der Waals surface area contributed by atoms with Crippen LogP contribution in [-0.4, -0.2) is 14.8 Å². The highest BCUT2D eigenvalue weighted by atomic mass is 32.1. The fourth-order valence-corrected chi connectivity index (χ4v) is 2.74. The average molecular weight is 266 g/mol. The van der Waals surface area contributed by atoms with E-state index in [1.807, 2.05) is 43.6 Å². The van der Waals surface area contributed by atoms with Crippen LogP contribution in [0.4, 0.5) is 0 Å². The molecule has 0 saturated heterocycles. The molecule has 0 unspecified atom stereocenters. The van der Waals surface area contributed by atoms with E-state index in [0.29, 0.717) is 5.57 Å². The van der Waals surface area contributed by atoms with Gasteiger partial charge in [0.15, 0.2) is 0 Å². The van der Waals surface area contributed by atoms with Crippen LogP contribution in [0, 0.1) is 11.3 Å². The van der Waals surface area contributed by atoms with Gasteiger partial charge >= 0.3 is 0 Å². The number of fused-ring (bicyclic) bond motifs is 1. The fourth-order valence-electron chi connectivity index (χ4n) is 1.81. The van der Waals surface area contributed by atoms with Crippen LogP contribution in [0.25, 0.3) is 21.9 Å². The maximum atomic E-state index is 9.29. The lowest BCUT2D eigenvalue weighted by Crippen LogP contribution is -1.84. The molecular weight excluding hydrogens is 256 g/mol. The Kier molecular flexibility index (Phi) is 2.86. The molecule has 1 aromatic carbocycles. The molecule has 0 atom stereocenters. The van der Waals surface area contributed by atoms with E-state index in [1.165, 1.54) is 11.3 Å². The molecule has 2 heterocycles. The molecule has 3 rings (SSSR count). The summed E-state index contributed by atoms with van der Waals surface area (Å²) in [6, 6.07) is 10.1. The molecular formula is C14H10N4S. The van der Waals surface area contributed by atoms with Crippen molar-refractivity contribution in [2.45, 2.75) is 0 Å². The van der Waals surface area contributed by atoms with Crippen LogP contribution < -0.4 is 0 Å². The molecule has 0 spiro atoms. The summed E-state index contributed by atoms with van der Waals surface area (Å²) in [6.07, 6.45) is 5.40. The van der Waals surface area contributed by atoms with Crippen LogP contribution in [0.1, 0.15) is 10.6 Å². The van der Waals surface area contributed by atoms with Crippen LogP contribution in [0.2, 0.25) is 0 Å². The van der Waals surface area contributed by atoms with Gasteiger partial charge < -0.3 is 0 Å².